The van der Waals surface area contributed by atoms with Crippen LogP contribution in [0.25, 0.3) is 0 Å². The Balaban J connectivity index is 0.00000147. The van der Waals surface area contributed by atoms with Gasteiger partial charge in [0, 0.05) is 15.2 Å². The zero-order valence-electron chi connectivity index (χ0n) is 11.6. The van der Waals surface area contributed by atoms with Gasteiger partial charge in [0.25, 0.3) is 0 Å². The number of halogens is 1. The van der Waals surface area contributed by atoms with Crippen molar-refractivity contribution in [3.05, 3.63) is 15.2 Å². The molecule has 0 amide bonds. The van der Waals surface area contributed by atoms with Gasteiger partial charge in [-0.2, -0.15) is 11.3 Å². The van der Waals surface area contributed by atoms with Gasteiger partial charge in [-0.3, -0.25) is 0 Å². The second kappa shape index (κ2) is 8.35. The molecule has 1 aromatic rings. The van der Waals surface area contributed by atoms with E-state index >= 15 is 0 Å². The summed E-state index contributed by atoms with van der Waals surface area (Å²) in [6, 6.07) is 0. The molecule has 2 fully saturated rings. The zero-order chi connectivity index (χ0) is 13.1. The zero-order valence-corrected chi connectivity index (χ0v) is 14.9. The Kier molecular flexibility index (Phi) is 7.11. The van der Waals surface area contributed by atoms with Crippen LogP contribution in [-0.4, -0.2) is 19.7 Å². The summed E-state index contributed by atoms with van der Waals surface area (Å²) < 4.78 is 1.42. The highest BCUT2D eigenvalue weighted by atomic mass is 79.9. The molecule has 0 atom stereocenters. The third kappa shape index (κ3) is 3.90. The van der Waals surface area contributed by atoms with Crippen LogP contribution in [0.3, 0.4) is 0 Å². The Morgan fingerprint density at radius 3 is 1.75 bits per heavy atom. The van der Waals surface area contributed by atoms with Crippen molar-refractivity contribution >= 4 is 48.9 Å². The number of rotatable bonds is 3. The number of hydrogen-bond donors (Lipinski definition) is 0. The fourth-order valence-corrected chi connectivity index (χ4v) is 9.94. The predicted molar refractivity (Wildman–Crippen MR) is 102 cm³/mol. The van der Waals surface area contributed by atoms with Gasteiger partial charge in [-0.15, -0.1) is 0 Å². The molecule has 0 aliphatic heterocycles. The predicted octanol–water partition coefficient (Wildman–Crippen LogP) is 5.10. The fourth-order valence-electron chi connectivity index (χ4n) is 3.87. The Labute approximate surface area is 139 Å². The monoisotopic (exact) mass is 372 g/mol. The number of thiophene rings is 1. The third-order valence-electron chi connectivity index (χ3n) is 4.81. The van der Waals surface area contributed by atoms with Crippen LogP contribution in [0.2, 0.25) is 0 Å². The summed E-state index contributed by atoms with van der Waals surface area (Å²) in [5.74, 6) is 0. The molecule has 112 valence electrons. The quantitative estimate of drug-likeness (QED) is 0.511. The van der Waals surface area contributed by atoms with Gasteiger partial charge in [0.05, 0.1) is 8.41 Å². The van der Waals surface area contributed by atoms with Crippen molar-refractivity contribution in [2.24, 2.45) is 0 Å². The molecule has 1 aromatic heterocycles. The maximum atomic E-state index is 3.83. The lowest BCUT2D eigenvalue weighted by Crippen LogP contribution is -2.26. The van der Waals surface area contributed by atoms with Crippen molar-refractivity contribution in [2.45, 2.75) is 75.5 Å². The van der Waals surface area contributed by atoms with E-state index in [0.29, 0.717) is 0 Å². The largest absolute Gasteiger partial charge is 0.151 e. The van der Waals surface area contributed by atoms with E-state index in [-0.39, 0.29) is 16.3 Å². The van der Waals surface area contributed by atoms with Gasteiger partial charge in [0.2, 0.25) is 0 Å². The molecule has 0 unspecified atom stereocenters. The summed E-state index contributed by atoms with van der Waals surface area (Å²) >= 11 is 5.72. The van der Waals surface area contributed by atoms with Gasteiger partial charge in [0.1, 0.15) is 0 Å². The molecule has 1 heterocycles. The van der Waals surface area contributed by atoms with Crippen molar-refractivity contribution in [1.82, 2.24) is 0 Å². The molecule has 0 spiro atoms. The molecule has 20 heavy (non-hydrogen) atoms. The maximum Gasteiger partial charge on any atom is 0.0814 e. The van der Waals surface area contributed by atoms with Crippen LogP contribution in [0, 0.1) is 0 Å². The van der Waals surface area contributed by atoms with Gasteiger partial charge in [-0.05, 0) is 58.3 Å². The van der Waals surface area contributed by atoms with Crippen molar-refractivity contribution < 1.29 is 0 Å². The lowest BCUT2D eigenvalue weighted by atomic mass is 9.99. The van der Waals surface area contributed by atoms with E-state index in [1.807, 2.05) is 11.3 Å². The Hall–Kier alpha value is 0.675. The van der Waals surface area contributed by atoms with E-state index in [0.717, 1.165) is 11.3 Å². The lowest BCUT2D eigenvalue weighted by molar-refractivity contribution is 0.487. The van der Waals surface area contributed by atoms with Crippen LogP contribution < -0.4 is 5.30 Å². The first-order valence-electron chi connectivity index (χ1n) is 7.86. The SMILES string of the molecule is B.Brc1cscc1P(C1CCCCC1)C1CCCCC1. The van der Waals surface area contributed by atoms with Gasteiger partial charge in [0.15, 0.2) is 0 Å². The molecule has 4 heteroatoms. The van der Waals surface area contributed by atoms with E-state index in [1.165, 1.54) is 68.7 Å². The maximum absolute atomic E-state index is 3.83. The smallest absolute Gasteiger partial charge is 0.0814 e. The van der Waals surface area contributed by atoms with Crippen LogP contribution in [0.1, 0.15) is 64.2 Å². The minimum atomic E-state index is 0. The first-order chi connectivity index (χ1) is 9.36. The van der Waals surface area contributed by atoms with E-state index < -0.39 is 0 Å². The molecule has 0 nitrogen and oxygen atoms in total. The third-order valence-corrected chi connectivity index (χ3v) is 10.5. The molecular formula is C16H27BBrPS. The van der Waals surface area contributed by atoms with Gasteiger partial charge in [-0.25, -0.2) is 0 Å². The second-order valence-electron chi connectivity index (χ2n) is 6.10. The molecule has 0 N–H and O–H groups in total. The van der Waals surface area contributed by atoms with Crippen LogP contribution >= 0.6 is 35.2 Å². The molecular weight excluding hydrogens is 346 g/mol. The molecule has 2 saturated carbocycles. The molecule has 2 aliphatic carbocycles. The summed E-state index contributed by atoms with van der Waals surface area (Å²) in [7, 11) is 0.0876. The van der Waals surface area contributed by atoms with Gasteiger partial charge >= 0.3 is 0 Å². The van der Waals surface area contributed by atoms with Crippen LogP contribution in [0.5, 0.6) is 0 Å². The van der Waals surface area contributed by atoms with Gasteiger partial charge < -0.3 is 0 Å². The fraction of sp³-hybridized carbons (Fsp3) is 0.750. The van der Waals surface area contributed by atoms with E-state index in [1.54, 1.807) is 5.30 Å². The average Bonchev–Trinajstić information content (AvgIpc) is 2.88. The summed E-state index contributed by atoms with van der Waals surface area (Å²) in [6.45, 7) is 0. The van der Waals surface area contributed by atoms with E-state index in [9.17, 15) is 0 Å². The Morgan fingerprint density at radius 2 is 1.35 bits per heavy atom. The second-order valence-corrected chi connectivity index (χ2v) is 10.5. The minimum absolute atomic E-state index is 0. The standard InChI is InChI=1S/C16H24BrPS.BH3/c17-15-11-19-12-16(15)18(13-7-3-1-4-8-13)14-9-5-2-6-10-14;/h11-14H,1-10H2;1H3. The van der Waals surface area contributed by atoms with E-state index in [4.69, 9.17) is 0 Å². The number of hydrogen-bond acceptors (Lipinski definition) is 1. The van der Waals surface area contributed by atoms with Crippen LogP contribution in [0.4, 0.5) is 0 Å². The summed E-state index contributed by atoms with van der Waals surface area (Å²) in [5, 5.41) is 6.47. The minimum Gasteiger partial charge on any atom is -0.151 e. The first-order valence-corrected chi connectivity index (χ1v) is 11.1. The van der Waals surface area contributed by atoms with Crippen LogP contribution in [-0.2, 0) is 0 Å². The summed E-state index contributed by atoms with van der Waals surface area (Å²) in [4.78, 5) is 0. The first kappa shape index (κ1) is 17.0. The molecule has 0 saturated heterocycles. The van der Waals surface area contributed by atoms with Crippen molar-refractivity contribution in [3.8, 4) is 0 Å². The molecule has 0 bridgehead atoms. The molecule has 2 aliphatic rings. The Morgan fingerprint density at radius 1 is 0.850 bits per heavy atom. The summed E-state index contributed by atoms with van der Waals surface area (Å²) in [5.41, 5.74) is 2.05. The molecule has 3 rings (SSSR count). The summed E-state index contributed by atoms with van der Waals surface area (Å²) in [6.07, 6.45) is 14.9. The van der Waals surface area contributed by atoms with Gasteiger partial charge in [-0.1, -0.05) is 46.4 Å². The van der Waals surface area contributed by atoms with E-state index in [2.05, 4.69) is 26.7 Å². The Bertz CT molecular complexity index is 379. The molecule has 0 radical (unpaired) electrons. The van der Waals surface area contributed by atoms with Crippen molar-refractivity contribution in [3.63, 3.8) is 0 Å². The highest BCUT2D eigenvalue weighted by molar-refractivity contribution is 9.10. The lowest BCUT2D eigenvalue weighted by Gasteiger charge is -2.38. The molecule has 0 aromatic carbocycles. The van der Waals surface area contributed by atoms with Crippen molar-refractivity contribution in [1.29, 1.82) is 0 Å². The topological polar surface area (TPSA) is 0 Å². The van der Waals surface area contributed by atoms with Crippen LogP contribution in [0.15, 0.2) is 15.2 Å². The highest BCUT2D eigenvalue weighted by Crippen LogP contribution is 2.56. The highest BCUT2D eigenvalue weighted by Gasteiger charge is 2.33. The van der Waals surface area contributed by atoms with Crippen molar-refractivity contribution in [2.75, 3.05) is 0 Å². The normalized spacial score (nSPS) is 21.9. The average molecular weight is 373 g/mol.